The van der Waals surface area contributed by atoms with E-state index in [0.717, 1.165) is 15.9 Å². The Bertz CT molecular complexity index is 366. The van der Waals surface area contributed by atoms with Crippen LogP contribution < -0.4 is 10.1 Å². The van der Waals surface area contributed by atoms with Crippen LogP contribution in [-0.2, 0) is 0 Å². The Balaban J connectivity index is 2.01. The van der Waals surface area contributed by atoms with Gasteiger partial charge in [-0.1, -0.05) is 6.07 Å². The number of para-hydroxylation sites is 1. The number of rotatable bonds is 0. The van der Waals surface area contributed by atoms with Crippen molar-refractivity contribution in [1.82, 2.24) is 0 Å². The molecule has 0 aromatic heterocycles. The molecule has 1 heterocycles. The quantitative estimate of drug-likeness (QED) is 0.767. The fourth-order valence-electron chi connectivity index (χ4n) is 2.33. The molecule has 74 valence electrons. The van der Waals surface area contributed by atoms with Gasteiger partial charge in [-0.25, -0.2) is 0 Å². The van der Waals surface area contributed by atoms with E-state index in [1.807, 2.05) is 12.1 Å². The third-order valence-corrected chi connectivity index (χ3v) is 3.65. The van der Waals surface area contributed by atoms with Crippen LogP contribution in [0.2, 0.25) is 0 Å². The zero-order valence-corrected chi connectivity index (χ0v) is 9.38. The summed E-state index contributed by atoms with van der Waals surface area (Å²) in [5.41, 5.74) is 1.13. The fraction of sp³-hybridized carbons (Fsp3) is 0.455. The number of fused-ring (bicyclic) bond motifs is 2. The Morgan fingerprint density at radius 1 is 1.36 bits per heavy atom. The normalized spacial score (nSPS) is 28.6. The number of halogens is 1. The van der Waals surface area contributed by atoms with E-state index in [9.17, 15) is 0 Å². The second kappa shape index (κ2) is 3.16. The Morgan fingerprint density at radius 2 is 2.29 bits per heavy atom. The average Bonchev–Trinajstić information content (AvgIpc) is 2.62. The first kappa shape index (κ1) is 8.60. The number of ether oxygens (including phenoxy) is 1. The Hall–Kier alpha value is -0.700. The van der Waals surface area contributed by atoms with Gasteiger partial charge in [0.25, 0.3) is 0 Å². The van der Waals surface area contributed by atoms with E-state index in [-0.39, 0.29) is 0 Å². The molecule has 0 amide bonds. The lowest BCUT2D eigenvalue weighted by Crippen LogP contribution is -2.36. The number of hydrogen-bond donors (Lipinski definition) is 1. The minimum Gasteiger partial charge on any atom is -0.485 e. The predicted molar refractivity (Wildman–Crippen MR) is 59.8 cm³/mol. The van der Waals surface area contributed by atoms with Crippen LogP contribution in [0.25, 0.3) is 0 Å². The minimum atomic E-state index is 0.376. The van der Waals surface area contributed by atoms with Crippen molar-refractivity contribution in [3.05, 3.63) is 22.7 Å². The van der Waals surface area contributed by atoms with Gasteiger partial charge in [-0.15, -0.1) is 0 Å². The standard InChI is InChI=1S/C11H12BrNO/c12-7-3-1-5-9-11(7)14-10-6-2-4-8(10)13-9/h1,3,5,8,10,13H,2,4,6H2. The zero-order chi connectivity index (χ0) is 9.54. The molecule has 2 unspecified atom stereocenters. The van der Waals surface area contributed by atoms with Crippen molar-refractivity contribution in [3.8, 4) is 5.75 Å². The summed E-state index contributed by atoms with van der Waals surface area (Å²) in [5, 5.41) is 3.54. The van der Waals surface area contributed by atoms with Gasteiger partial charge >= 0.3 is 0 Å². The minimum absolute atomic E-state index is 0.376. The molecular formula is C11H12BrNO. The summed E-state index contributed by atoms with van der Waals surface area (Å²) < 4.78 is 7.03. The van der Waals surface area contributed by atoms with Gasteiger partial charge in [0.1, 0.15) is 6.10 Å². The molecule has 0 spiro atoms. The first-order chi connectivity index (χ1) is 6.84. The SMILES string of the molecule is Brc1cccc2c1OC1CCCC1N2. The van der Waals surface area contributed by atoms with E-state index in [2.05, 4.69) is 27.3 Å². The largest absolute Gasteiger partial charge is 0.485 e. The number of hydrogen-bond acceptors (Lipinski definition) is 2. The number of anilines is 1. The molecule has 2 atom stereocenters. The molecule has 1 aliphatic carbocycles. The number of benzene rings is 1. The van der Waals surface area contributed by atoms with Crippen LogP contribution in [0.1, 0.15) is 19.3 Å². The molecule has 1 aliphatic heterocycles. The van der Waals surface area contributed by atoms with Crippen molar-refractivity contribution in [1.29, 1.82) is 0 Å². The molecule has 1 aromatic rings. The van der Waals surface area contributed by atoms with Crippen LogP contribution in [0.5, 0.6) is 5.75 Å². The van der Waals surface area contributed by atoms with Gasteiger partial charge in [0.15, 0.2) is 5.75 Å². The van der Waals surface area contributed by atoms with Gasteiger partial charge in [0, 0.05) is 0 Å². The van der Waals surface area contributed by atoms with E-state index in [0.29, 0.717) is 12.1 Å². The first-order valence-corrected chi connectivity index (χ1v) is 5.85. The summed E-state index contributed by atoms with van der Waals surface area (Å²) in [7, 11) is 0. The predicted octanol–water partition coefficient (Wildman–Crippen LogP) is 3.17. The smallest absolute Gasteiger partial charge is 0.157 e. The van der Waals surface area contributed by atoms with Gasteiger partial charge < -0.3 is 10.1 Å². The Labute approximate surface area is 91.8 Å². The molecule has 3 heteroatoms. The third-order valence-electron chi connectivity index (χ3n) is 3.03. The van der Waals surface area contributed by atoms with Crippen LogP contribution in [0.3, 0.4) is 0 Å². The highest BCUT2D eigenvalue weighted by Crippen LogP contribution is 2.41. The maximum atomic E-state index is 5.98. The molecule has 2 aliphatic rings. The topological polar surface area (TPSA) is 21.3 Å². The molecule has 1 aromatic carbocycles. The highest BCUT2D eigenvalue weighted by atomic mass is 79.9. The maximum absolute atomic E-state index is 5.98. The van der Waals surface area contributed by atoms with Crippen LogP contribution in [-0.4, -0.2) is 12.1 Å². The van der Waals surface area contributed by atoms with Crippen molar-refractivity contribution in [2.75, 3.05) is 5.32 Å². The van der Waals surface area contributed by atoms with Crippen molar-refractivity contribution in [2.45, 2.75) is 31.4 Å². The lowest BCUT2D eigenvalue weighted by Gasteiger charge is -2.31. The highest BCUT2D eigenvalue weighted by molar-refractivity contribution is 9.10. The molecule has 14 heavy (non-hydrogen) atoms. The third kappa shape index (κ3) is 1.22. The average molecular weight is 254 g/mol. The summed E-state index contributed by atoms with van der Waals surface area (Å²) in [6.45, 7) is 0. The fourth-order valence-corrected chi connectivity index (χ4v) is 2.79. The Kier molecular flexibility index (Phi) is 1.94. The van der Waals surface area contributed by atoms with E-state index >= 15 is 0 Å². The summed E-state index contributed by atoms with van der Waals surface area (Å²) in [5.74, 6) is 0.982. The summed E-state index contributed by atoms with van der Waals surface area (Å²) in [6.07, 6.45) is 4.06. The molecule has 0 saturated heterocycles. The molecular weight excluding hydrogens is 242 g/mol. The summed E-state index contributed by atoms with van der Waals surface area (Å²) in [6, 6.07) is 6.66. The molecule has 1 N–H and O–H groups in total. The first-order valence-electron chi connectivity index (χ1n) is 5.06. The molecule has 0 bridgehead atoms. The van der Waals surface area contributed by atoms with E-state index in [4.69, 9.17) is 4.74 Å². The monoisotopic (exact) mass is 253 g/mol. The van der Waals surface area contributed by atoms with E-state index in [1.54, 1.807) is 0 Å². The van der Waals surface area contributed by atoms with Gasteiger partial charge in [0.2, 0.25) is 0 Å². The van der Waals surface area contributed by atoms with Crippen molar-refractivity contribution in [3.63, 3.8) is 0 Å². The zero-order valence-electron chi connectivity index (χ0n) is 7.79. The molecule has 0 radical (unpaired) electrons. The van der Waals surface area contributed by atoms with Crippen molar-refractivity contribution < 1.29 is 4.74 Å². The van der Waals surface area contributed by atoms with Crippen molar-refractivity contribution in [2.24, 2.45) is 0 Å². The van der Waals surface area contributed by atoms with Crippen molar-refractivity contribution >= 4 is 21.6 Å². The van der Waals surface area contributed by atoms with Crippen LogP contribution in [0.15, 0.2) is 22.7 Å². The van der Waals surface area contributed by atoms with Gasteiger partial charge in [0.05, 0.1) is 16.2 Å². The van der Waals surface area contributed by atoms with E-state index < -0.39 is 0 Å². The highest BCUT2D eigenvalue weighted by Gasteiger charge is 2.34. The Morgan fingerprint density at radius 3 is 3.21 bits per heavy atom. The lowest BCUT2D eigenvalue weighted by molar-refractivity contribution is 0.187. The maximum Gasteiger partial charge on any atom is 0.157 e. The molecule has 3 rings (SSSR count). The van der Waals surface area contributed by atoms with E-state index in [1.165, 1.54) is 19.3 Å². The van der Waals surface area contributed by atoms with Crippen LogP contribution >= 0.6 is 15.9 Å². The number of nitrogens with one attached hydrogen (secondary N) is 1. The lowest BCUT2D eigenvalue weighted by atomic mass is 10.1. The summed E-state index contributed by atoms with van der Waals surface area (Å²) >= 11 is 3.51. The molecule has 2 nitrogen and oxygen atoms in total. The summed E-state index contributed by atoms with van der Waals surface area (Å²) in [4.78, 5) is 0. The van der Waals surface area contributed by atoms with Gasteiger partial charge in [-0.2, -0.15) is 0 Å². The molecule has 1 saturated carbocycles. The molecule has 1 fully saturated rings. The van der Waals surface area contributed by atoms with Gasteiger partial charge in [-0.05, 0) is 47.3 Å². The van der Waals surface area contributed by atoms with Crippen LogP contribution in [0, 0.1) is 0 Å². The van der Waals surface area contributed by atoms with Crippen LogP contribution in [0.4, 0.5) is 5.69 Å². The second-order valence-corrected chi connectivity index (χ2v) is 4.81. The van der Waals surface area contributed by atoms with Gasteiger partial charge in [-0.3, -0.25) is 0 Å². The second-order valence-electron chi connectivity index (χ2n) is 3.95.